The van der Waals surface area contributed by atoms with Crippen LogP contribution in [0.4, 0.5) is 10.1 Å². The number of anilines is 1. The minimum Gasteiger partial charge on any atom is -0.492 e. The maximum absolute atomic E-state index is 13.4. The molecule has 0 aliphatic carbocycles. The first-order chi connectivity index (χ1) is 11.1. The highest BCUT2D eigenvalue weighted by molar-refractivity contribution is 9.10. The average Bonchev–Trinajstić information content (AvgIpc) is 2.55. The molecule has 2 aromatic carbocycles. The quantitative estimate of drug-likeness (QED) is 0.691. The van der Waals surface area contributed by atoms with Gasteiger partial charge >= 0.3 is 0 Å². The molecule has 1 amide bonds. The zero-order valence-corrected chi connectivity index (χ0v) is 14.5. The van der Waals surface area contributed by atoms with Crippen molar-refractivity contribution in [2.75, 3.05) is 11.9 Å². The highest BCUT2D eigenvalue weighted by Gasteiger charge is 2.07. The number of carbonyl (C=O) groups excluding carboxylic acids is 1. The Hall–Kier alpha value is -1.88. The number of aryl methyl sites for hydroxylation is 1. The Morgan fingerprint density at radius 2 is 2.04 bits per heavy atom. The van der Waals surface area contributed by atoms with Crippen LogP contribution in [0.25, 0.3) is 0 Å². The van der Waals surface area contributed by atoms with Gasteiger partial charge in [-0.15, -0.1) is 0 Å². The Morgan fingerprint density at radius 3 is 2.74 bits per heavy atom. The topological polar surface area (TPSA) is 38.3 Å². The standard InChI is InChI=1S/C18H19BrFNO2/c1-2-13-9-10-17(14(19)12-13)23-11-5-8-18(22)21-16-7-4-3-6-15(16)20/h3-4,6-7,9-10,12H,2,5,8,11H2,1H3,(H,21,22). The Bertz CT molecular complexity index is 676. The van der Waals surface area contributed by atoms with Crippen LogP contribution < -0.4 is 10.1 Å². The number of para-hydroxylation sites is 1. The van der Waals surface area contributed by atoms with Crippen LogP contribution in [0.5, 0.6) is 5.75 Å². The van der Waals surface area contributed by atoms with E-state index >= 15 is 0 Å². The van der Waals surface area contributed by atoms with Gasteiger partial charge in [0, 0.05) is 6.42 Å². The molecule has 1 N–H and O–H groups in total. The molecule has 2 rings (SSSR count). The second kappa shape index (κ2) is 8.67. The summed E-state index contributed by atoms with van der Waals surface area (Å²) < 4.78 is 20.0. The predicted molar refractivity (Wildman–Crippen MR) is 93.3 cm³/mol. The lowest BCUT2D eigenvalue weighted by molar-refractivity contribution is -0.116. The van der Waals surface area contributed by atoms with E-state index in [0.717, 1.165) is 16.6 Å². The number of carbonyl (C=O) groups is 1. The van der Waals surface area contributed by atoms with Crippen molar-refractivity contribution in [2.45, 2.75) is 26.2 Å². The molecule has 0 spiro atoms. The molecule has 0 fully saturated rings. The van der Waals surface area contributed by atoms with Crippen LogP contribution in [0.1, 0.15) is 25.3 Å². The van der Waals surface area contributed by atoms with E-state index in [9.17, 15) is 9.18 Å². The van der Waals surface area contributed by atoms with Gasteiger partial charge in [-0.2, -0.15) is 0 Å². The molecule has 0 atom stereocenters. The fourth-order valence-electron chi connectivity index (χ4n) is 2.07. The van der Waals surface area contributed by atoms with Gasteiger partial charge < -0.3 is 10.1 Å². The maximum Gasteiger partial charge on any atom is 0.224 e. The Morgan fingerprint density at radius 1 is 1.26 bits per heavy atom. The third-order valence-electron chi connectivity index (χ3n) is 3.36. The molecule has 0 aliphatic rings. The van der Waals surface area contributed by atoms with Crippen LogP contribution in [0.3, 0.4) is 0 Å². The van der Waals surface area contributed by atoms with Crippen LogP contribution in [0.2, 0.25) is 0 Å². The summed E-state index contributed by atoms with van der Waals surface area (Å²) in [6, 6.07) is 12.1. The lowest BCUT2D eigenvalue weighted by atomic mass is 10.2. The predicted octanol–water partition coefficient (Wildman–Crippen LogP) is 4.95. The molecule has 0 radical (unpaired) electrons. The van der Waals surface area contributed by atoms with E-state index in [1.807, 2.05) is 18.2 Å². The van der Waals surface area contributed by atoms with E-state index < -0.39 is 5.82 Å². The number of benzene rings is 2. The van der Waals surface area contributed by atoms with Gasteiger partial charge in [0.15, 0.2) is 0 Å². The van der Waals surface area contributed by atoms with Crippen molar-refractivity contribution >= 4 is 27.5 Å². The number of hydrogen-bond donors (Lipinski definition) is 1. The Labute approximate surface area is 144 Å². The smallest absolute Gasteiger partial charge is 0.224 e. The lowest BCUT2D eigenvalue weighted by Gasteiger charge is -2.10. The molecule has 3 nitrogen and oxygen atoms in total. The van der Waals surface area contributed by atoms with E-state index in [0.29, 0.717) is 13.0 Å². The van der Waals surface area contributed by atoms with Gasteiger partial charge in [-0.25, -0.2) is 4.39 Å². The van der Waals surface area contributed by atoms with Crippen LogP contribution in [0, 0.1) is 5.82 Å². The van der Waals surface area contributed by atoms with Gasteiger partial charge in [0.25, 0.3) is 0 Å². The Balaban J connectivity index is 1.75. The first-order valence-corrected chi connectivity index (χ1v) is 8.35. The zero-order valence-electron chi connectivity index (χ0n) is 12.9. The second-order valence-electron chi connectivity index (χ2n) is 5.10. The number of nitrogens with one attached hydrogen (secondary N) is 1. The maximum atomic E-state index is 13.4. The van der Waals surface area contributed by atoms with E-state index in [1.165, 1.54) is 17.7 Å². The van der Waals surface area contributed by atoms with Gasteiger partial charge in [-0.05, 0) is 58.6 Å². The first kappa shape index (κ1) is 17.5. The summed E-state index contributed by atoms with van der Waals surface area (Å²) in [6.45, 7) is 2.52. The van der Waals surface area contributed by atoms with E-state index in [1.54, 1.807) is 12.1 Å². The summed E-state index contributed by atoms with van der Waals surface area (Å²) in [5.74, 6) is 0.104. The molecule has 0 aromatic heterocycles. The fourth-order valence-corrected chi connectivity index (χ4v) is 2.61. The Kier molecular flexibility index (Phi) is 6.59. The normalized spacial score (nSPS) is 10.4. The highest BCUT2D eigenvalue weighted by Crippen LogP contribution is 2.26. The lowest BCUT2D eigenvalue weighted by Crippen LogP contribution is -2.13. The average molecular weight is 380 g/mol. The summed E-state index contributed by atoms with van der Waals surface area (Å²) in [5, 5.41) is 2.56. The van der Waals surface area contributed by atoms with E-state index in [-0.39, 0.29) is 18.0 Å². The zero-order chi connectivity index (χ0) is 16.7. The van der Waals surface area contributed by atoms with Gasteiger partial charge in [-0.3, -0.25) is 4.79 Å². The van der Waals surface area contributed by atoms with Crippen LogP contribution in [-0.4, -0.2) is 12.5 Å². The molecule has 0 unspecified atom stereocenters. The van der Waals surface area contributed by atoms with E-state index in [4.69, 9.17) is 4.74 Å². The van der Waals surface area contributed by atoms with Crippen molar-refractivity contribution in [3.63, 3.8) is 0 Å². The van der Waals surface area contributed by atoms with Crippen LogP contribution in [-0.2, 0) is 11.2 Å². The van der Waals surface area contributed by atoms with Gasteiger partial charge in [0.2, 0.25) is 5.91 Å². The summed E-state index contributed by atoms with van der Waals surface area (Å²) in [6.07, 6.45) is 1.80. The van der Waals surface area contributed by atoms with Crippen LogP contribution >= 0.6 is 15.9 Å². The summed E-state index contributed by atoms with van der Waals surface area (Å²) in [5.41, 5.74) is 1.44. The minimum atomic E-state index is -0.433. The molecular formula is C18H19BrFNO2. The van der Waals surface area contributed by atoms with Crippen LogP contribution in [0.15, 0.2) is 46.9 Å². The minimum absolute atomic E-state index is 0.205. The van der Waals surface area contributed by atoms with Crippen molar-refractivity contribution in [2.24, 2.45) is 0 Å². The molecule has 0 bridgehead atoms. The monoisotopic (exact) mass is 379 g/mol. The third-order valence-corrected chi connectivity index (χ3v) is 3.98. The molecule has 23 heavy (non-hydrogen) atoms. The van der Waals surface area contributed by atoms with Crippen molar-refractivity contribution < 1.29 is 13.9 Å². The van der Waals surface area contributed by atoms with Gasteiger partial charge in [0.1, 0.15) is 11.6 Å². The fraction of sp³-hybridized carbons (Fsp3) is 0.278. The SMILES string of the molecule is CCc1ccc(OCCCC(=O)Nc2ccccc2F)c(Br)c1. The summed E-state index contributed by atoms with van der Waals surface area (Å²) in [7, 11) is 0. The number of hydrogen-bond acceptors (Lipinski definition) is 2. The highest BCUT2D eigenvalue weighted by atomic mass is 79.9. The second-order valence-corrected chi connectivity index (χ2v) is 5.95. The third kappa shape index (κ3) is 5.36. The molecular weight excluding hydrogens is 361 g/mol. The van der Waals surface area contributed by atoms with Crippen molar-refractivity contribution in [1.29, 1.82) is 0 Å². The number of halogens is 2. The first-order valence-electron chi connectivity index (χ1n) is 7.55. The van der Waals surface area contributed by atoms with Gasteiger partial charge in [0.05, 0.1) is 16.8 Å². The van der Waals surface area contributed by atoms with Crippen molar-refractivity contribution in [1.82, 2.24) is 0 Å². The van der Waals surface area contributed by atoms with Crippen molar-refractivity contribution in [3.05, 3.63) is 58.3 Å². The molecule has 0 saturated carbocycles. The largest absolute Gasteiger partial charge is 0.492 e. The number of ether oxygens (including phenoxy) is 1. The molecule has 0 saturated heterocycles. The summed E-state index contributed by atoms with van der Waals surface area (Å²) >= 11 is 3.48. The van der Waals surface area contributed by atoms with Crippen molar-refractivity contribution in [3.8, 4) is 5.75 Å². The number of rotatable bonds is 7. The molecule has 0 aliphatic heterocycles. The molecule has 5 heteroatoms. The molecule has 2 aromatic rings. The van der Waals surface area contributed by atoms with Gasteiger partial charge in [-0.1, -0.05) is 25.1 Å². The summed E-state index contributed by atoms with van der Waals surface area (Å²) in [4.78, 5) is 11.8. The molecule has 0 heterocycles. The number of amides is 1. The van der Waals surface area contributed by atoms with E-state index in [2.05, 4.69) is 28.2 Å². The molecule has 122 valence electrons.